The van der Waals surface area contributed by atoms with Crippen molar-refractivity contribution >= 4 is 46.9 Å². The summed E-state index contributed by atoms with van der Waals surface area (Å²) in [4.78, 5) is 10.7. The van der Waals surface area contributed by atoms with Crippen LogP contribution in [0.4, 0.5) is 17.1 Å². The molecule has 0 bridgehead atoms. The lowest BCUT2D eigenvalue weighted by atomic mass is 9.98. The number of hydrogen-bond donors (Lipinski definition) is 1. The molecule has 0 heterocycles. The molecule has 6 rings (SSSR count). The minimum absolute atomic E-state index is 0.817. The first-order chi connectivity index (χ1) is 23.4. The van der Waals surface area contributed by atoms with Crippen LogP contribution < -0.4 is 15.9 Å². The standard InChI is InChI=1S/C44H42N3P/c1-31-18-16-19-32(2)40(31)30-35(5)45-41-28-14-12-26-38(41)39-27-13-15-29-42(39)46-44(47-43-33(3)20-17-21-34(43)4)48(36-22-8-6-9-23-36)37-24-10-7-11-25-37/h6-29H,30H2,1-5H3,(H,46,47). The van der Waals surface area contributed by atoms with E-state index in [9.17, 15) is 0 Å². The number of nitrogens with zero attached hydrogens (tertiary/aromatic N) is 2. The molecule has 1 N–H and O–H groups in total. The van der Waals surface area contributed by atoms with Gasteiger partial charge >= 0.3 is 0 Å². The van der Waals surface area contributed by atoms with E-state index in [-0.39, 0.29) is 0 Å². The molecule has 0 saturated heterocycles. The maximum Gasteiger partial charge on any atom is 0.139 e. The van der Waals surface area contributed by atoms with E-state index in [4.69, 9.17) is 9.98 Å². The van der Waals surface area contributed by atoms with Gasteiger partial charge in [0.2, 0.25) is 0 Å². The van der Waals surface area contributed by atoms with E-state index in [1.54, 1.807) is 0 Å². The molecule has 48 heavy (non-hydrogen) atoms. The monoisotopic (exact) mass is 643 g/mol. The fourth-order valence-electron chi connectivity index (χ4n) is 6.14. The Labute approximate surface area is 286 Å². The summed E-state index contributed by atoms with van der Waals surface area (Å²) in [5.41, 5.74) is 13.4. The largest absolute Gasteiger partial charge is 0.339 e. The van der Waals surface area contributed by atoms with Gasteiger partial charge in [0.05, 0.1) is 11.4 Å². The van der Waals surface area contributed by atoms with Crippen LogP contribution in [0.25, 0.3) is 11.1 Å². The molecule has 0 saturated carbocycles. The van der Waals surface area contributed by atoms with Crippen molar-refractivity contribution in [3.63, 3.8) is 0 Å². The average molecular weight is 644 g/mol. The van der Waals surface area contributed by atoms with Gasteiger partial charge in [-0.1, -0.05) is 133 Å². The highest BCUT2D eigenvalue weighted by Gasteiger charge is 2.23. The summed E-state index contributed by atoms with van der Waals surface area (Å²) in [7, 11) is -1.01. The smallest absolute Gasteiger partial charge is 0.139 e. The van der Waals surface area contributed by atoms with Gasteiger partial charge in [0.25, 0.3) is 0 Å². The second-order valence-corrected chi connectivity index (χ2v) is 14.4. The third kappa shape index (κ3) is 7.54. The van der Waals surface area contributed by atoms with Crippen LogP contribution in [0.2, 0.25) is 0 Å². The molecule has 0 unspecified atom stereocenters. The van der Waals surface area contributed by atoms with Crippen LogP contribution in [0.3, 0.4) is 0 Å². The molecule has 4 heteroatoms. The van der Waals surface area contributed by atoms with Crippen molar-refractivity contribution in [2.45, 2.75) is 41.0 Å². The minimum atomic E-state index is -1.01. The van der Waals surface area contributed by atoms with Gasteiger partial charge in [0.15, 0.2) is 0 Å². The zero-order chi connectivity index (χ0) is 33.5. The molecule has 0 aliphatic heterocycles. The van der Waals surface area contributed by atoms with E-state index >= 15 is 0 Å². The minimum Gasteiger partial charge on any atom is -0.339 e. The molecule has 0 radical (unpaired) electrons. The predicted molar refractivity (Wildman–Crippen MR) is 210 cm³/mol. The van der Waals surface area contributed by atoms with Crippen LogP contribution in [0.15, 0.2) is 156 Å². The van der Waals surface area contributed by atoms with E-state index in [0.717, 1.165) is 57.0 Å². The van der Waals surface area contributed by atoms with Crippen molar-refractivity contribution in [2.24, 2.45) is 9.98 Å². The van der Waals surface area contributed by atoms with Crippen molar-refractivity contribution < 1.29 is 0 Å². The summed E-state index contributed by atoms with van der Waals surface area (Å²) in [6, 6.07) is 51.4. The van der Waals surface area contributed by atoms with Gasteiger partial charge in [-0.25, -0.2) is 4.99 Å². The van der Waals surface area contributed by atoms with Gasteiger partial charge in [-0.15, -0.1) is 0 Å². The van der Waals surface area contributed by atoms with Crippen molar-refractivity contribution in [2.75, 3.05) is 5.32 Å². The van der Waals surface area contributed by atoms with E-state index in [1.165, 1.54) is 27.3 Å². The van der Waals surface area contributed by atoms with E-state index in [1.807, 2.05) is 0 Å². The Morgan fingerprint density at radius 1 is 0.521 bits per heavy atom. The summed E-state index contributed by atoms with van der Waals surface area (Å²) in [5, 5.41) is 6.39. The Morgan fingerprint density at radius 3 is 1.62 bits per heavy atom. The number of para-hydroxylation sites is 3. The highest BCUT2D eigenvalue weighted by atomic mass is 31.1. The topological polar surface area (TPSA) is 36.8 Å². The van der Waals surface area contributed by atoms with Crippen LogP contribution in [0, 0.1) is 27.7 Å². The molecule has 0 aliphatic carbocycles. The summed E-state index contributed by atoms with van der Waals surface area (Å²) >= 11 is 0. The number of anilines is 1. The van der Waals surface area contributed by atoms with Crippen molar-refractivity contribution in [3.05, 3.63) is 173 Å². The number of amidine groups is 1. The molecule has 0 atom stereocenters. The molecule has 3 nitrogen and oxygen atoms in total. The van der Waals surface area contributed by atoms with Gasteiger partial charge in [-0.05, 0) is 85.2 Å². The van der Waals surface area contributed by atoms with E-state index in [0.29, 0.717) is 0 Å². The summed E-state index contributed by atoms with van der Waals surface area (Å²) in [5.74, 6) is 0. The number of nitrogens with one attached hydrogen (secondary N) is 1. The van der Waals surface area contributed by atoms with E-state index < -0.39 is 7.92 Å². The maximum atomic E-state index is 5.48. The molecule has 0 aromatic heterocycles. The van der Waals surface area contributed by atoms with Gasteiger partial charge in [-0.2, -0.15) is 0 Å². The fraction of sp³-hybridized carbons (Fsp3) is 0.136. The first-order valence-corrected chi connectivity index (χ1v) is 17.8. The van der Waals surface area contributed by atoms with Crippen LogP contribution in [0.1, 0.15) is 34.7 Å². The third-order valence-corrected chi connectivity index (χ3v) is 10.9. The van der Waals surface area contributed by atoms with Crippen molar-refractivity contribution in [1.82, 2.24) is 0 Å². The molecule has 6 aromatic rings. The van der Waals surface area contributed by atoms with Crippen LogP contribution in [-0.2, 0) is 6.42 Å². The number of rotatable bonds is 9. The normalized spacial score (nSPS) is 12.0. The first kappa shape index (κ1) is 32.8. The molecule has 0 fully saturated rings. The molecule has 0 aliphatic rings. The van der Waals surface area contributed by atoms with Crippen LogP contribution in [0.5, 0.6) is 0 Å². The fourth-order valence-corrected chi connectivity index (χ4v) is 8.30. The summed E-state index contributed by atoms with van der Waals surface area (Å²) < 4.78 is 0. The quantitative estimate of drug-likeness (QED) is 0.0950. The Morgan fingerprint density at radius 2 is 1.02 bits per heavy atom. The Balaban J connectivity index is 1.47. The predicted octanol–water partition coefficient (Wildman–Crippen LogP) is 11.2. The van der Waals surface area contributed by atoms with Crippen molar-refractivity contribution in [1.29, 1.82) is 0 Å². The molecule has 238 valence electrons. The third-order valence-electron chi connectivity index (χ3n) is 8.65. The average Bonchev–Trinajstić information content (AvgIpc) is 3.10. The molecular weight excluding hydrogens is 601 g/mol. The van der Waals surface area contributed by atoms with E-state index in [2.05, 4.69) is 186 Å². The first-order valence-electron chi connectivity index (χ1n) is 16.5. The van der Waals surface area contributed by atoms with Gasteiger partial charge < -0.3 is 5.32 Å². The highest BCUT2D eigenvalue weighted by Crippen LogP contribution is 2.41. The summed E-state index contributed by atoms with van der Waals surface area (Å²) in [6.45, 7) is 10.8. The van der Waals surface area contributed by atoms with Crippen LogP contribution in [-0.4, -0.2) is 11.3 Å². The number of hydrogen-bond acceptors (Lipinski definition) is 2. The summed E-state index contributed by atoms with van der Waals surface area (Å²) in [6.07, 6.45) is 0.817. The highest BCUT2D eigenvalue weighted by molar-refractivity contribution is 7.88. The van der Waals surface area contributed by atoms with Crippen LogP contribution >= 0.6 is 7.92 Å². The van der Waals surface area contributed by atoms with Crippen molar-refractivity contribution in [3.8, 4) is 11.1 Å². The Kier molecular flexibility index (Phi) is 10.4. The maximum absolute atomic E-state index is 5.48. The Hall–Kier alpha value is -5.11. The van der Waals surface area contributed by atoms with Gasteiger partial charge in [0.1, 0.15) is 5.58 Å². The zero-order valence-corrected chi connectivity index (χ0v) is 29.3. The Bertz CT molecular complexity index is 2000. The lowest BCUT2D eigenvalue weighted by Gasteiger charge is -2.24. The molecular formula is C44H42N3P. The molecule has 0 spiro atoms. The van der Waals surface area contributed by atoms with Gasteiger partial charge in [-0.3, -0.25) is 4.99 Å². The second kappa shape index (κ2) is 15.2. The lowest BCUT2D eigenvalue weighted by molar-refractivity contribution is 1.19. The van der Waals surface area contributed by atoms with Gasteiger partial charge in [0, 0.05) is 36.9 Å². The molecule has 0 amide bonds. The molecule has 6 aromatic carbocycles. The number of aryl methyl sites for hydroxylation is 4. The number of benzene rings is 6. The zero-order valence-electron chi connectivity index (χ0n) is 28.4. The number of aliphatic imine (C=N–C) groups is 2. The lowest BCUT2D eigenvalue weighted by Crippen LogP contribution is -2.23. The SMILES string of the molecule is CC(Cc1c(C)cccc1C)=Nc1ccccc1-c1ccccc1NC(=Nc1c(C)cccc1C)P(c1ccccc1)c1ccccc1. The second-order valence-electron chi connectivity index (χ2n) is 12.3.